The maximum Gasteiger partial charge on any atom is 0.157 e. The van der Waals surface area contributed by atoms with Gasteiger partial charge in [0, 0.05) is 33.8 Å². The minimum Gasteiger partial charge on any atom is -0.373 e. The normalized spacial score (nSPS) is 11.8. The smallest absolute Gasteiger partial charge is 0.157 e. The van der Waals surface area contributed by atoms with Gasteiger partial charge in [-0.1, -0.05) is 47.3 Å². The zero-order chi connectivity index (χ0) is 20.8. The van der Waals surface area contributed by atoms with Crippen molar-refractivity contribution in [3.05, 3.63) is 36.6 Å². The van der Waals surface area contributed by atoms with E-state index < -0.39 is 0 Å². The summed E-state index contributed by atoms with van der Waals surface area (Å²) in [4.78, 5) is 10.6. The highest BCUT2D eigenvalue weighted by Gasteiger charge is 2.22. The zero-order valence-corrected chi connectivity index (χ0v) is 18.6. The summed E-state index contributed by atoms with van der Waals surface area (Å²) in [6.45, 7) is 24.0. The highest BCUT2D eigenvalue weighted by molar-refractivity contribution is 5.37. The fourth-order valence-electron chi connectivity index (χ4n) is 2.62. The highest BCUT2D eigenvalue weighted by Crippen LogP contribution is 2.25. The number of nitrogens with zero attached hydrogens (tertiary/aromatic N) is 4. The Morgan fingerprint density at radius 1 is 1.15 bits per heavy atom. The molecule has 5 heteroatoms. The van der Waals surface area contributed by atoms with Crippen LogP contribution in [-0.4, -0.2) is 61.9 Å². The van der Waals surface area contributed by atoms with Crippen LogP contribution in [0.15, 0.2) is 41.6 Å². The predicted octanol–water partition coefficient (Wildman–Crippen LogP) is 4.91. The molecule has 0 bridgehead atoms. The van der Waals surface area contributed by atoms with Crippen LogP contribution in [0.2, 0.25) is 0 Å². The molecule has 0 saturated heterocycles. The van der Waals surface area contributed by atoms with E-state index in [4.69, 9.17) is 4.74 Å². The van der Waals surface area contributed by atoms with E-state index in [0.29, 0.717) is 12.6 Å². The Balaban J connectivity index is 5.91. The molecular formula is C22H42N4O. The molecule has 5 nitrogen and oxygen atoms in total. The zero-order valence-electron chi connectivity index (χ0n) is 18.6. The van der Waals surface area contributed by atoms with Crippen molar-refractivity contribution in [2.75, 3.05) is 40.5 Å². The van der Waals surface area contributed by atoms with Gasteiger partial charge in [-0.15, -0.1) is 0 Å². The Kier molecular flexibility index (Phi) is 13.4. The first-order valence-electron chi connectivity index (χ1n) is 10.1. The number of hydrogen-bond donors (Lipinski definition) is 0. The van der Waals surface area contributed by atoms with Crippen molar-refractivity contribution in [2.45, 2.75) is 53.4 Å². The van der Waals surface area contributed by atoms with Crippen molar-refractivity contribution in [3.63, 3.8) is 0 Å². The number of rotatable bonds is 16. The summed E-state index contributed by atoms with van der Waals surface area (Å²) in [5.41, 5.74) is 1.89. The second-order valence-corrected chi connectivity index (χ2v) is 7.33. The molecule has 0 saturated carbocycles. The third kappa shape index (κ3) is 9.14. The van der Waals surface area contributed by atoms with Gasteiger partial charge in [0.2, 0.25) is 0 Å². The molecule has 0 N–H and O–H groups in total. The first-order chi connectivity index (χ1) is 12.8. The molecule has 0 aromatic heterocycles. The number of aliphatic imine (C=N–C) groups is 1. The van der Waals surface area contributed by atoms with Crippen LogP contribution < -0.4 is 0 Å². The number of ether oxygens (including phenoxy) is 1. The fraction of sp³-hybridized carbons (Fsp3) is 0.682. The van der Waals surface area contributed by atoms with Gasteiger partial charge in [-0.05, 0) is 38.1 Å². The van der Waals surface area contributed by atoms with Crippen molar-refractivity contribution in [1.82, 2.24) is 14.7 Å². The number of hydrogen-bond acceptors (Lipinski definition) is 5. The maximum absolute atomic E-state index is 5.97. The number of unbranched alkanes of at least 4 members (excludes halogenated alkanes) is 1. The molecule has 0 spiro atoms. The second kappa shape index (κ2) is 14.3. The Hall–Kier alpha value is -1.75. The van der Waals surface area contributed by atoms with E-state index in [-0.39, 0.29) is 0 Å². The van der Waals surface area contributed by atoms with Crippen LogP contribution in [0, 0.1) is 5.92 Å². The average molecular weight is 379 g/mol. The monoisotopic (exact) mass is 378 g/mol. The lowest BCUT2D eigenvalue weighted by atomic mass is 10.1. The topological polar surface area (TPSA) is 31.3 Å². The molecule has 0 amide bonds. The first-order valence-corrected chi connectivity index (χ1v) is 10.1. The molecule has 0 aliphatic rings. The Morgan fingerprint density at radius 3 is 2.30 bits per heavy atom. The summed E-state index contributed by atoms with van der Waals surface area (Å²) in [6, 6.07) is 0. The Bertz CT molecular complexity index is 485. The highest BCUT2D eigenvalue weighted by atomic mass is 16.5. The predicted molar refractivity (Wildman–Crippen MR) is 118 cm³/mol. The summed E-state index contributed by atoms with van der Waals surface area (Å²) >= 11 is 0. The van der Waals surface area contributed by atoms with E-state index >= 15 is 0 Å². The Morgan fingerprint density at radius 2 is 1.81 bits per heavy atom. The first kappa shape index (κ1) is 25.2. The van der Waals surface area contributed by atoms with Crippen molar-refractivity contribution in [3.8, 4) is 0 Å². The van der Waals surface area contributed by atoms with Crippen LogP contribution in [0.25, 0.3) is 0 Å². The molecular weight excluding hydrogens is 336 g/mol. The van der Waals surface area contributed by atoms with Gasteiger partial charge in [-0.25, -0.2) is 4.99 Å². The van der Waals surface area contributed by atoms with Gasteiger partial charge < -0.3 is 19.4 Å². The van der Waals surface area contributed by atoms with Gasteiger partial charge in [0.1, 0.15) is 12.4 Å². The largest absolute Gasteiger partial charge is 0.373 e. The standard InChI is InChI=1S/C22H42N4O/c1-10-13-17-27-18-26(16-14-19(4)5)21(20(6)25(9)15-11-2)22(23-7)24(8)12-3/h12,19H,3,6-7,10-11,13-18H2,1-2,4-5,8-9H3/b22-21+. The van der Waals surface area contributed by atoms with Gasteiger partial charge in [0.25, 0.3) is 0 Å². The van der Waals surface area contributed by atoms with Crippen LogP contribution in [0.4, 0.5) is 0 Å². The molecule has 156 valence electrons. The molecule has 0 aliphatic heterocycles. The Labute approximate surface area is 168 Å². The van der Waals surface area contributed by atoms with Crippen LogP contribution in [0.3, 0.4) is 0 Å². The fourth-order valence-corrected chi connectivity index (χ4v) is 2.62. The molecule has 0 aromatic rings. The van der Waals surface area contributed by atoms with E-state index in [0.717, 1.165) is 62.6 Å². The summed E-state index contributed by atoms with van der Waals surface area (Å²) in [5.74, 6) is 1.35. The lowest BCUT2D eigenvalue weighted by Gasteiger charge is -2.35. The molecule has 0 atom stereocenters. The van der Waals surface area contributed by atoms with E-state index in [1.165, 1.54) is 0 Å². The summed E-state index contributed by atoms with van der Waals surface area (Å²) in [6.07, 6.45) is 6.05. The van der Waals surface area contributed by atoms with E-state index in [1.54, 1.807) is 6.20 Å². The van der Waals surface area contributed by atoms with Crippen LogP contribution in [-0.2, 0) is 4.74 Å². The van der Waals surface area contributed by atoms with E-state index in [9.17, 15) is 0 Å². The van der Waals surface area contributed by atoms with E-state index in [1.807, 2.05) is 11.9 Å². The van der Waals surface area contributed by atoms with Crippen molar-refractivity contribution in [2.24, 2.45) is 10.9 Å². The van der Waals surface area contributed by atoms with Gasteiger partial charge in [-0.2, -0.15) is 0 Å². The van der Waals surface area contributed by atoms with Crippen molar-refractivity contribution in [1.29, 1.82) is 0 Å². The van der Waals surface area contributed by atoms with Gasteiger partial charge in [-0.3, -0.25) is 0 Å². The van der Waals surface area contributed by atoms with Crippen molar-refractivity contribution >= 4 is 6.72 Å². The summed E-state index contributed by atoms with van der Waals surface area (Å²) < 4.78 is 5.97. The lowest BCUT2D eigenvalue weighted by Crippen LogP contribution is -2.35. The minimum absolute atomic E-state index is 0.519. The van der Waals surface area contributed by atoms with Crippen LogP contribution in [0.1, 0.15) is 53.4 Å². The second-order valence-electron chi connectivity index (χ2n) is 7.33. The molecule has 0 aromatic carbocycles. The van der Waals surface area contributed by atoms with Crippen LogP contribution >= 0.6 is 0 Å². The molecule has 0 heterocycles. The third-order valence-corrected chi connectivity index (χ3v) is 4.44. The van der Waals surface area contributed by atoms with Crippen LogP contribution in [0.5, 0.6) is 0 Å². The summed E-state index contributed by atoms with van der Waals surface area (Å²) in [5, 5.41) is 0. The third-order valence-electron chi connectivity index (χ3n) is 4.44. The molecule has 27 heavy (non-hydrogen) atoms. The van der Waals surface area contributed by atoms with Gasteiger partial charge in [0.05, 0.1) is 5.70 Å². The van der Waals surface area contributed by atoms with Crippen molar-refractivity contribution < 1.29 is 4.74 Å². The minimum atomic E-state index is 0.519. The quantitative estimate of drug-likeness (QED) is 0.165. The van der Waals surface area contributed by atoms with Gasteiger partial charge in [0.15, 0.2) is 5.82 Å². The SMILES string of the molecule is C=CN(C)/C(N=C)=C(\C(=C)N(C)CCC)N(CCC(C)C)COCCCC. The molecule has 0 rings (SSSR count). The molecule has 0 radical (unpaired) electrons. The summed E-state index contributed by atoms with van der Waals surface area (Å²) in [7, 11) is 4.00. The lowest BCUT2D eigenvalue weighted by molar-refractivity contribution is 0.0416. The molecule has 0 fully saturated rings. The molecule has 0 unspecified atom stereocenters. The molecule has 0 aliphatic carbocycles. The average Bonchev–Trinajstić information content (AvgIpc) is 2.64. The van der Waals surface area contributed by atoms with Gasteiger partial charge >= 0.3 is 0 Å². The maximum atomic E-state index is 5.97. The van der Waals surface area contributed by atoms with E-state index in [2.05, 4.69) is 69.4 Å². The number of likely N-dealkylation sites (N-methyl/N-ethyl adjacent to an activating group) is 1.